The van der Waals surface area contributed by atoms with Gasteiger partial charge in [-0.3, -0.25) is 0 Å². The third-order valence-electron chi connectivity index (χ3n) is 2.76. The lowest BCUT2D eigenvalue weighted by Crippen LogP contribution is -2.50. The van der Waals surface area contributed by atoms with Crippen LogP contribution in [0.4, 0.5) is 5.82 Å². The highest BCUT2D eigenvalue weighted by Crippen LogP contribution is 2.18. The molecule has 0 spiro atoms. The Bertz CT molecular complexity index is 428. The van der Waals surface area contributed by atoms with Crippen LogP contribution >= 0.6 is 0 Å². The fourth-order valence-electron chi connectivity index (χ4n) is 1.83. The Hall–Kier alpha value is -1.71. The van der Waals surface area contributed by atoms with Gasteiger partial charge in [0.2, 0.25) is 0 Å². The number of hydrogen-bond acceptors (Lipinski definition) is 6. The summed E-state index contributed by atoms with van der Waals surface area (Å²) < 4.78 is 5.57. The Morgan fingerprint density at radius 2 is 2.35 bits per heavy atom. The summed E-state index contributed by atoms with van der Waals surface area (Å²) in [6.45, 7) is 3.85. The molecule has 2 rings (SSSR count). The van der Waals surface area contributed by atoms with Crippen molar-refractivity contribution in [1.29, 1.82) is 5.26 Å². The van der Waals surface area contributed by atoms with Gasteiger partial charge in [-0.1, -0.05) is 0 Å². The van der Waals surface area contributed by atoms with Crippen molar-refractivity contribution in [3.8, 4) is 6.07 Å². The highest BCUT2D eigenvalue weighted by atomic mass is 16.5. The summed E-state index contributed by atoms with van der Waals surface area (Å²) in [4.78, 5) is 10.2. The van der Waals surface area contributed by atoms with Gasteiger partial charge in [-0.15, -0.1) is 0 Å². The summed E-state index contributed by atoms with van der Waals surface area (Å²) in [6.07, 6.45) is 3.08. The second kappa shape index (κ2) is 5.08. The molecule has 2 heterocycles. The molecule has 0 bridgehead atoms. The standard InChI is InChI=1S/C11H15N5O/c1-8(13)10-7-16(4-5-17-10)11-9(6-12)14-2-3-15-11/h2-3,8,10H,4-5,7,13H2,1H3. The van der Waals surface area contributed by atoms with Crippen molar-refractivity contribution in [1.82, 2.24) is 9.97 Å². The van der Waals surface area contributed by atoms with Crippen LogP contribution in [0.1, 0.15) is 12.6 Å². The molecule has 90 valence electrons. The normalized spacial score (nSPS) is 21.9. The number of nitrogens with two attached hydrogens (primary N) is 1. The van der Waals surface area contributed by atoms with E-state index in [-0.39, 0.29) is 12.1 Å². The third kappa shape index (κ3) is 2.52. The number of nitriles is 1. The molecule has 6 heteroatoms. The molecule has 1 aliphatic heterocycles. The lowest BCUT2D eigenvalue weighted by Gasteiger charge is -2.35. The SMILES string of the molecule is CC(N)C1CN(c2nccnc2C#N)CCO1. The summed E-state index contributed by atoms with van der Waals surface area (Å²) in [6, 6.07) is 2.01. The van der Waals surface area contributed by atoms with Crippen molar-refractivity contribution in [2.45, 2.75) is 19.1 Å². The predicted octanol–water partition coefficient (Wildman–Crippen LogP) is -0.0993. The van der Waals surface area contributed by atoms with Gasteiger partial charge in [-0.2, -0.15) is 5.26 Å². The molecule has 1 fully saturated rings. The topological polar surface area (TPSA) is 88.1 Å². The van der Waals surface area contributed by atoms with Crippen molar-refractivity contribution < 1.29 is 4.74 Å². The first-order valence-electron chi connectivity index (χ1n) is 5.55. The van der Waals surface area contributed by atoms with E-state index in [4.69, 9.17) is 15.7 Å². The van der Waals surface area contributed by atoms with Crippen molar-refractivity contribution in [3.63, 3.8) is 0 Å². The minimum Gasteiger partial charge on any atom is -0.373 e. The van der Waals surface area contributed by atoms with E-state index >= 15 is 0 Å². The second-order valence-corrected chi connectivity index (χ2v) is 4.05. The van der Waals surface area contributed by atoms with Crippen LogP contribution in [0.25, 0.3) is 0 Å². The van der Waals surface area contributed by atoms with Gasteiger partial charge in [0, 0.05) is 31.5 Å². The lowest BCUT2D eigenvalue weighted by molar-refractivity contribution is 0.0273. The van der Waals surface area contributed by atoms with Crippen LogP contribution in [0.2, 0.25) is 0 Å². The summed E-state index contributed by atoms with van der Waals surface area (Å²) in [5.41, 5.74) is 6.17. The van der Waals surface area contributed by atoms with Gasteiger partial charge in [-0.05, 0) is 6.92 Å². The maximum absolute atomic E-state index is 8.99. The van der Waals surface area contributed by atoms with E-state index in [1.54, 1.807) is 6.20 Å². The molecule has 1 aromatic heterocycles. The van der Waals surface area contributed by atoms with Gasteiger partial charge < -0.3 is 15.4 Å². The molecule has 2 unspecified atom stereocenters. The molecule has 2 atom stereocenters. The zero-order valence-electron chi connectivity index (χ0n) is 9.71. The molecule has 1 aromatic rings. The number of hydrogen-bond donors (Lipinski definition) is 1. The summed E-state index contributed by atoms with van der Waals surface area (Å²) >= 11 is 0. The zero-order valence-corrected chi connectivity index (χ0v) is 9.71. The van der Waals surface area contributed by atoms with Gasteiger partial charge in [0.1, 0.15) is 6.07 Å². The van der Waals surface area contributed by atoms with Gasteiger partial charge in [-0.25, -0.2) is 9.97 Å². The van der Waals surface area contributed by atoms with Crippen LogP contribution in [-0.2, 0) is 4.74 Å². The van der Waals surface area contributed by atoms with Crippen LogP contribution in [0, 0.1) is 11.3 Å². The summed E-state index contributed by atoms with van der Waals surface area (Å²) in [5.74, 6) is 0.615. The molecule has 0 radical (unpaired) electrons. The summed E-state index contributed by atoms with van der Waals surface area (Å²) in [5, 5.41) is 8.99. The second-order valence-electron chi connectivity index (χ2n) is 4.05. The lowest BCUT2D eigenvalue weighted by atomic mass is 10.1. The molecular formula is C11H15N5O. The fraction of sp³-hybridized carbons (Fsp3) is 0.545. The van der Waals surface area contributed by atoms with Gasteiger partial charge in [0.25, 0.3) is 0 Å². The quantitative estimate of drug-likeness (QED) is 0.767. The molecule has 1 saturated heterocycles. The van der Waals surface area contributed by atoms with E-state index in [1.165, 1.54) is 6.20 Å². The van der Waals surface area contributed by atoms with E-state index in [2.05, 4.69) is 9.97 Å². The van der Waals surface area contributed by atoms with E-state index in [0.717, 1.165) is 0 Å². The van der Waals surface area contributed by atoms with Crippen LogP contribution in [0.3, 0.4) is 0 Å². The van der Waals surface area contributed by atoms with Crippen molar-refractivity contribution >= 4 is 5.82 Å². The zero-order chi connectivity index (χ0) is 12.3. The highest BCUT2D eigenvalue weighted by Gasteiger charge is 2.25. The monoisotopic (exact) mass is 233 g/mol. The minimum absolute atomic E-state index is 0.0303. The smallest absolute Gasteiger partial charge is 0.183 e. The molecule has 2 N–H and O–H groups in total. The molecule has 6 nitrogen and oxygen atoms in total. The Morgan fingerprint density at radius 3 is 3.06 bits per heavy atom. The summed E-state index contributed by atoms with van der Waals surface area (Å²) in [7, 11) is 0. The number of ether oxygens (including phenoxy) is 1. The Morgan fingerprint density at radius 1 is 1.59 bits per heavy atom. The molecular weight excluding hydrogens is 218 g/mol. The first-order chi connectivity index (χ1) is 8.22. The van der Waals surface area contributed by atoms with Crippen LogP contribution < -0.4 is 10.6 Å². The van der Waals surface area contributed by atoms with Crippen molar-refractivity contribution in [2.24, 2.45) is 5.73 Å². The predicted molar refractivity (Wildman–Crippen MR) is 62.3 cm³/mol. The van der Waals surface area contributed by atoms with Crippen LogP contribution in [0.15, 0.2) is 12.4 Å². The molecule has 17 heavy (non-hydrogen) atoms. The number of nitrogens with zero attached hydrogens (tertiary/aromatic N) is 4. The number of aromatic nitrogens is 2. The fourth-order valence-corrected chi connectivity index (χ4v) is 1.83. The maximum Gasteiger partial charge on any atom is 0.183 e. The first-order valence-corrected chi connectivity index (χ1v) is 5.55. The Balaban J connectivity index is 2.19. The van der Waals surface area contributed by atoms with Crippen molar-refractivity contribution in [2.75, 3.05) is 24.6 Å². The van der Waals surface area contributed by atoms with Crippen LogP contribution in [0.5, 0.6) is 0 Å². The average Bonchev–Trinajstić information content (AvgIpc) is 2.39. The van der Waals surface area contributed by atoms with Gasteiger partial charge in [0.05, 0.1) is 12.7 Å². The number of morpholine rings is 1. The minimum atomic E-state index is -0.0417. The molecule has 0 amide bonds. The third-order valence-corrected chi connectivity index (χ3v) is 2.76. The van der Waals surface area contributed by atoms with E-state index < -0.39 is 0 Å². The average molecular weight is 233 g/mol. The van der Waals surface area contributed by atoms with Gasteiger partial charge >= 0.3 is 0 Å². The molecule has 0 aromatic carbocycles. The van der Waals surface area contributed by atoms with E-state index in [0.29, 0.717) is 31.2 Å². The van der Waals surface area contributed by atoms with E-state index in [9.17, 15) is 0 Å². The molecule has 0 aliphatic carbocycles. The first kappa shape index (κ1) is 11.8. The molecule has 0 saturated carbocycles. The Kier molecular flexibility index (Phi) is 3.52. The van der Waals surface area contributed by atoms with Gasteiger partial charge in [0.15, 0.2) is 11.5 Å². The molecule has 1 aliphatic rings. The van der Waals surface area contributed by atoms with E-state index in [1.807, 2.05) is 17.9 Å². The highest BCUT2D eigenvalue weighted by molar-refractivity contribution is 5.49. The maximum atomic E-state index is 8.99. The van der Waals surface area contributed by atoms with Crippen LogP contribution in [-0.4, -0.2) is 41.8 Å². The largest absolute Gasteiger partial charge is 0.373 e. The Labute approximate surface area is 100 Å². The van der Waals surface area contributed by atoms with Crippen molar-refractivity contribution in [3.05, 3.63) is 18.1 Å². The number of anilines is 1. The number of rotatable bonds is 2.